The van der Waals surface area contributed by atoms with Crippen LogP contribution >= 0.6 is 0 Å². The molecular weight excluding hydrogens is 176 g/mol. The van der Waals surface area contributed by atoms with E-state index in [1.165, 1.54) is 0 Å². The molecule has 2 heteroatoms. The molecular formula is C11H22OSi. The van der Waals surface area contributed by atoms with Crippen molar-refractivity contribution in [1.82, 2.24) is 0 Å². The summed E-state index contributed by atoms with van der Waals surface area (Å²) in [6.45, 7) is 10.9. The summed E-state index contributed by atoms with van der Waals surface area (Å²) in [5.74, 6) is 3.65. The highest BCUT2D eigenvalue weighted by molar-refractivity contribution is 6.83. The van der Waals surface area contributed by atoms with Crippen LogP contribution in [-0.4, -0.2) is 19.3 Å². The largest absolute Gasteiger partial charge is 0.392 e. The number of aliphatic hydroxyl groups excluding tert-OH is 1. The molecule has 0 aliphatic rings. The minimum absolute atomic E-state index is 0.233. The van der Waals surface area contributed by atoms with E-state index in [2.05, 4.69) is 45.0 Å². The van der Waals surface area contributed by atoms with Crippen molar-refractivity contribution in [2.75, 3.05) is 0 Å². The van der Waals surface area contributed by atoms with Gasteiger partial charge >= 0.3 is 0 Å². The van der Waals surface area contributed by atoms with Crippen LogP contribution in [0.3, 0.4) is 0 Å². The van der Waals surface area contributed by atoms with Gasteiger partial charge in [-0.05, 0) is 12.3 Å². The second-order valence-corrected chi connectivity index (χ2v) is 9.79. The van der Waals surface area contributed by atoms with Crippen molar-refractivity contribution in [3.8, 4) is 11.5 Å². The topological polar surface area (TPSA) is 20.2 Å². The van der Waals surface area contributed by atoms with Crippen LogP contribution in [0.4, 0.5) is 0 Å². The Morgan fingerprint density at radius 3 is 2.15 bits per heavy atom. The van der Waals surface area contributed by atoms with Crippen molar-refractivity contribution < 1.29 is 5.11 Å². The van der Waals surface area contributed by atoms with E-state index in [4.69, 9.17) is 0 Å². The van der Waals surface area contributed by atoms with E-state index in [9.17, 15) is 5.11 Å². The molecule has 0 aromatic rings. The van der Waals surface area contributed by atoms with E-state index in [-0.39, 0.29) is 6.10 Å². The van der Waals surface area contributed by atoms with Gasteiger partial charge in [-0.3, -0.25) is 0 Å². The van der Waals surface area contributed by atoms with Crippen molar-refractivity contribution in [2.24, 2.45) is 5.92 Å². The molecule has 0 aromatic carbocycles. The first kappa shape index (κ1) is 12.7. The van der Waals surface area contributed by atoms with Crippen molar-refractivity contribution in [3.63, 3.8) is 0 Å². The number of hydrogen-bond donors (Lipinski definition) is 1. The van der Waals surface area contributed by atoms with Gasteiger partial charge < -0.3 is 5.11 Å². The van der Waals surface area contributed by atoms with Crippen molar-refractivity contribution in [1.29, 1.82) is 0 Å². The number of hydrogen-bond acceptors (Lipinski definition) is 1. The molecule has 0 saturated heterocycles. The summed E-state index contributed by atoms with van der Waals surface area (Å²) in [5, 5.41) is 9.53. The smallest absolute Gasteiger partial charge is 0.129 e. The minimum atomic E-state index is -1.24. The van der Waals surface area contributed by atoms with E-state index in [1.807, 2.05) is 0 Å². The summed E-state index contributed by atoms with van der Waals surface area (Å²) in [7, 11) is -1.24. The van der Waals surface area contributed by atoms with Gasteiger partial charge in [0.2, 0.25) is 0 Å². The number of rotatable bonds is 3. The predicted molar refractivity (Wildman–Crippen MR) is 61.2 cm³/mol. The van der Waals surface area contributed by atoms with E-state index < -0.39 is 8.07 Å². The second-order valence-electron chi connectivity index (χ2n) is 5.04. The molecule has 0 aliphatic heterocycles. The highest BCUT2D eigenvalue weighted by Crippen LogP contribution is 2.07. The lowest BCUT2D eigenvalue weighted by Gasteiger charge is -2.09. The highest BCUT2D eigenvalue weighted by Gasteiger charge is 2.08. The Morgan fingerprint density at radius 1 is 1.23 bits per heavy atom. The van der Waals surface area contributed by atoms with Gasteiger partial charge in [0.25, 0.3) is 0 Å². The van der Waals surface area contributed by atoms with Crippen molar-refractivity contribution >= 4 is 8.07 Å². The summed E-state index contributed by atoms with van der Waals surface area (Å²) in [5.41, 5.74) is 3.25. The van der Waals surface area contributed by atoms with Gasteiger partial charge in [0.15, 0.2) is 0 Å². The van der Waals surface area contributed by atoms with E-state index >= 15 is 0 Å². The maximum Gasteiger partial charge on any atom is 0.129 e. The molecule has 0 aliphatic carbocycles. The SMILES string of the molecule is CC(C)C[C@H](O)CC#C[Si](C)(C)C. The summed E-state index contributed by atoms with van der Waals surface area (Å²) in [4.78, 5) is 0. The third-order valence-electron chi connectivity index (χ3n) is 1.54. The zero-order valence-electron chi connectivity index (χ0n) is 9.52. The van der Waals surface area contributed by atoms with Gasteiger partial charge in [0.1, 0.15) is 8.07 Å². The molecule has 0 saturated carbocycles. The standard InChI is InChI=1S/C11H22OSi/c1-10(2)9-11(12)7-6-8-13(3,4)5/h10-12H,7,9H2,1-5H3/t11-/m1/s1. The zero-order chi connectivity index (χ0) is 10.5. The first-order valence-corrected chi connectivity index (χ1v) is 8.49. The lowest BCUT2D eigenvalue weighted by atomic mass is 10.0. The Labute approximate surface area is 83.6 Å². The van der Waals surface area contributed by atoms with Gasteiger partial charge in [-0.25, -0.2) is 0 Å². The molecule has 0 radical (unpaired) electrons. The molecule has 0 rings (SSSR count). The van der Waals surface area contributed by atoms with Crippen LogP contribution in [0.15, 0.2) is 0 Å². The maximum absolute atomic E-state index is 9.53. The quantitative estimate of drug-likeness (QED) is 0.546. The molecule has 1 nitrogen and oxygen atoms in total. The second kappa shape index (κ2) is 5.46. The van der Waals surface area contributed by atoms with Gasteiger partial charge in [0.05, 0.1) is 6.10 Å². The van der Waals surface area contributed by atoms with E-state index in [0.717, 1.165) is 6.42 Å². The van der Waals surface area contributed by atoms with Crippen LogP contribution < -0.4 is 0 Å². The average molecular weight is 198 g/mol. The van der Waals surface area contributed by atoms with Crippen molar-refractivity contribution in [3.05, 3.63) is 0 Å². The minimum Gasteiger partial charge on any atom is -0.392 e. The molecule has 1 atom stereocenters. The van der Waals surface area contributed by atoms with Gasteiger partial charge in [-0.2, -0.15) is 0 Å². The third-order valence-corrected chi connectivity index (χ3v) is 2.47. The molecule has 1 N–H and O–H groups in total. The Hall–Kier alpha value is -0.263. The van der Waals surface area contributed by atoms with Crippen LogP contribution in [0, 0.1) is 17.4 Å². The van der Waals surface area contributed by atoms with Crippen LogP contribution in [0.25, 0.3) is 0 Å². The van der Waals surface area contributed by atoms with Gasteiger partial charge in [0, 0.05) is 6.42 Å². The van der Waals surface area contributed by atoms with Crippen LogP contribution in [0.5, 0.6) is 0 Å². The van der Waals surface area contributed by atoms with Gasteiger partial charge in [-0.15, -0.1) is 11.5 Å². The Bertz CT molecular complexity index is 192. The molecule has 0 amide bonds. The fraction of sp³-hybridized carbons (Fsp3) is 0.818. The molecule has 0 bridgehead atoms. The highest BCUT2D eigenvalue weighted by atomic mass is 28.3. The number of aliphatic hydroxyl groups is 1. The molecule has 0 unspecified atom stereocenters. The third kappa shape index (κ3) is 9.65. The van der Waals surface area contributed by atoms with Crippen LogP contribution in [0.1, 0.15) is 26.7 Å². The summed E-state index contributed by atoms with van der Waals surface area (Å²) >= 11 is 0. The molecule has 13 heavy (non-hydrogen) atoms. The fourth-order valence-electron chi connectivity index (χ4n) is 1.06. The summed E-state index contributed by atoms with van der Waals surface area (Å²) in [6.07, 6.45) is 1.27. The Morgan fingerprint density at radius 2 is 1.77 bits per heavy atom. The van der Waals surface area contributed by atoms with Gasteiger partial charge in [-0.1, -0.05) is 33.5 Å². The van der Waals surface area contributed by atoms with Crippen LogP contribution in [0.2, 0.25) is 19.6 Å². The lowest BCUT2D eigenvalue weighted by Crippen LogP contribution is -2.17. The molecule has 0 heterocycles. The maximum atomic E-state index is 9.53. The summed E-state index contributed by atoms with van der Waals surface area (Å²) in [6, 6.07) is 0. The Kier molecular flexibility index (Phi) is 5.35. The van der Waals surface area contributed by atoms with E-state index in [0.29, 0.717) is 12.3 Å². The summed E-state index contributed by atoms with van der Waals surface area (Å²) < 4.78 is 0. The molecule has 0 fully saturated rings. The normalized spacial score (nSPS) is 13.8. The predicted octanol–water partition coefficient (Wildman–Crippen LogP) is 2.66. The molecule has 76 valence electrons. The first-order valence-electron chi connectivity index (χ1n) is 4.99. The molecule has 0 aromatic heterocycles. The first-order chi connectivity index (χ1) is 5.81. The van der Waals surface area contributed by atoms with Crippen LogP contribution in [-0.2, 0) is 0 Å². The Balaban J connectivity index is 3.80. The average Bonchev–Trinajstić information content (AvgIpc) is 1.81. The fourth-order valence-corrected chi connectivity index (χ4v) is 1.69. The molecule has 0 spiro atoms. The lowest BCUT2D eigenvalue weighted by molar-refractivity contribution is 0.154. The zero-order valence-corrected chi connectivity index (χ0v) is 10.5. The monoisotopic (exact) mass is 198 g/mol. The van der Waals surface area contributed by atoms with Crippen molar-refractivity contribution in [2.45, 2.75) is 52.4 Å². The van der Waals surface area contributed by atoms with E-state index in [1.54, 1.807) is 0 Å².